The fraction of sp³-hybridized carbons (Fsp3) is 0.333. The maximum absolute atomic E-state index is 11.7. The highest BCUT2D eigenvalue weighted by Crippen LogP contribution is 2.14. The number of likely N-dealkylation sites (N-methyl/N-ethyl adjacent to an activating group) is 1. The SMILES string of the molecule is CN(CCC(=O)O)C(=O)[C@H](O)c1ccccc1. The Hall–Kier alpha value is -1.88. The molecule has 0 radical (unpaired) electrons. The molecule has 0 spiro atoms. The van der Waals surface area contributed by atoms with E-state index >= 15 is 0 Å². The Morgan fingerprint density at radius 1 is 1.29 bits per heavy atom. The summed E-state index contributed by atoms with van der Waals surface area (Å²) in [4.78, 5) is 23.3. The Bertz CT molecular complexity index is 391. The van der Waals surface area contributed by atoms with Crippen molar-refractivity contribution in [2.75, 3.05) is 13.6 Å². The van der Waals surface area contributed by atoms with Crippen LogP contribution >= 0.6 is 0 Å². The summed E-state index contributed by atoms with van der Waals surface area (Å²) in [6.07, 6.45) is -1.38. The molecule has 0 fully saturated rings. The summed E-state index contributed by atoms with van der Waals surface area (Å²) in [6.45, 7) is 0.0814. The molecule has 0 aromatic heterocycles. The van der Waals surface area contributed by atoms with E-state index in [9.17, 15) is 14.7 Å². The van der Waals surface area contributed by atoms with Gasteiger partial charge in [0.1, 0.15) is 0 Å². The molecule has 0 saturated carbocycles. The van der Waals surface area contributed by atoms with Gasteiger partial charge in [-0.05, 0) is 5.56 Å². The summed E-state index contributed by atoms with van der Waals surface area (Å²) in [6, 6.07) is 8.53. The Morgan fingerprint density at radius 3 is 2.41 bits per heavy atom. The van der Waals surface area contributed by atoms with Gasteiger partial charge in [-0.3, -0.25) is 9.59 Å². The third kappa shape index (κ3) is 3.88. The number of hydrogen-bond acceptors (Lipinski definition) is 3. The highest BCUT2D eigenvalue weighted by Gasteiger charge is 2.21. The first-order valence-electron chi connectivity index (χ1n) is 5.22. The molecule has 1 aromatic carbocycles. The molecule has 0 aliphatic carbocycles. The van der Waals surface area contributed by atoms with Crippen molar-refractivity contribution in [3.05, 3.63) is 35.9 Å². The molecule has 1 amide bonds. The molecule has 1 aromatic rings. The molecule has 0 saturated heterocycles. The van der Waals surface area contributed by atoms with Gasteiger partial charge >= 0.3 is 5.97 Å². The van der Waals surface area contributed by atoms with Crippen molar-refractivity contribution in [1.29, 1.82) is 0 Å². The van der Waals surface area contributed by atoms with Gasteiger partial charge in [0.05, 0.1) is 6.42 Å². The number of rotatable bonds is 5. The zero-order valence-corrected chi connectivity index (χ0v) is 9.54. The van der Waals surface area contributed by atoms with Crippen LogP contribution in [0.4, 0.5) is 0 Å². The van der Waals surface area contributed by atoms with Gasteiger partial charge in [0.15, 0.2) is 6.10 Å². The van der Waals surface area contributed by atoms with Gasteiger partial charge in [0.2, 0.25) is 0 Å². The molecule has 0 heterocycles. The second-order valence-electron chi connectivity index (χ2n) is 3.72. The maximum atomic E-state index is 11.7. The van der Waals surface area contributed by atoms with Crippen molar-refractivity contribution < 1.29 is 19.8 Å². The van der Waals surface area contributed by atoms with E-state index in [4.69, 9.17) is 5.11 Å². The molecule has 0 bridgehead atoms. The van der Waals surface area contributed by atoms with Crippen molar-refractivity contribution in [3.8, 4) is 0 Å². The highest BCUT2D eigenvalue weighted by atomic mass is 16.4. The topological polar surface area (TPSA) is 77.8 Å². The van der Waals surface area contributed by atoms with Gasteiger partial charge in [0.25, 0.3) is 5.91 Å². The van der Waals surface area contributed by atoms with Crippen LogP contribution in [0.2, 0.25) is 0 Å². The Balaban J connectivity index is 2.60. The summed E-state index contributed by atoms with van der Waals surface area (Å²) in [7, 11) is 1.47. The van der Waals surface area contributed by atoms with Crippen LogP contribution in [0.5, 0.6) is 0 Å². The molecule has 0 unspecified atom stereocenters. The normalized spacial score (nSPS) is 11.9. The standard InChI is InChI=1S/C12H15NO4/c1-13(8-7-10(14)15)12(17)11(16)9-5-3-2-4-6-9/h2-6,11,16H,7-8H2,1H3,(H,14,15)/t11-/m1/s1. The summed E-state index contributed by atoms with van der Waals surface area (Å²) >= 11 is 0. The van der Waals surface area contributed by atoms with Crippen LogP contribution in [-0.2, 0) is 9.59 Å². The Morgan fingerprint density at radius 2 is 1.88 bits per heavy atom. The number of nitrogens with zero attached hydrogens (tertiary/aromatic N) is 1. The molecule has 92 valence electrons. The van der Waals surface area contributed by atoms with Crippen LogP contribution in [0.1, 0.15) is 18.1 Å². The van der Waals surface area contributed by atoms with E-state index in [1.165, 1.54) is 11.9 Å². The molecule has 1 rings (SSSR count). The number of carboxylic acids is 1. The molecular weight excluding hydrogens is 222 g/mol. The fourth-order valence-electron chi connectivity index (χ4n) is 1.36. The maximum Gasteiger partial charge on any atom is 0.305 e. The quantitative estimate of drug-likeness (QED) is 0.788. The zero-order valence-electron chi connectivity index (χ0n) is 9.54. The molecule has 0 aliphatic rings. The number of aliphatic carboxylic acids is 1. The first-order valence-corrected chi connectivity index (χ1v) is 5.22. The number of carbonyl (C=O) groups is 2. The molecule has 2 N–H and O–H groups in total. The summed E-state index contributed by atoms with van der Waals surface area (Å²) in [5, 5.41) is 18.3. The average molecular weight is 237 g/mol. The van der Waals surface area contributed by atoms with Crippen LogP contribution in [0, 0.1) is 0 Å². The van der Waals surface area contributed by atoms with E-state index in [1.54, 1.807) is 30.3 Å². The van der Waals surface area contributed by atoms with E-state index < -0.39 is 18.0 Å². The monoisotopic (exact) mass is 237 g/mol. The lowest BCUT2D eigenvalue weighted by molar-refractivity contribution is -0.141. The summed E-state index contributed by atoms with van der Waals surface area (Å²) in [5.74, 6) is -1.48. The second-order valence-corrected chi connectivity index (χ2v) is 3.72. The van der Waals surface area contributed by atoms with Crippen LogP contribution in [0.15, 0.2) is 30.3 Å². The van der Waals surface area contributed by atoms with E-state index in [-0.39, 0.29) is 13.0 Å². The van der Waals surface area contributed by atoms with Gasteiger partial charge in [-0.1, -0.05) is 30.3 Å². The predicted octanol–water partition coefficient (Wildman–Crippen LogP) is 0.653. The number of hydrogen-bond donors (Lipinski definition) is 2. The van der Waals surface area contributed by atoms with E-state index in [0.29, 0.717) is 5.56 Å². The van der Waals surface area contributed by atoms with E-state index in [1.807, 2.05) is 0 Å². The largest absolute Gasteiger partial charge is 0.481 e. The van der Waals surface area contributed by atoms with E-state index in [2.05, 4.69) is 0 Å². The molecule has 5 heteroatoms. The van der Waals surface area contributed by atoms with Crippen molar-refractivity contribution >= 4 is 11.9 Å². The lowest BCUT2D eigenvalue weighted by atomic mass is 10.1. The van der Waals surface area contributed by atoms with Crippen LogP contribution in [0.25, 0.3) is 0 Å². The minimum Gasteiger partial charge on any atom is -0.481 e. The predicted molar refractivity (Wildman–Crippen MR) is 61.3 cm³/mol. The number of aliphatic hydroxyl groups excluding tert-OH is 1. The minimum absolute atomic E-state index is 0.0814. The lowest BCUT2D eigenvalue weighted by Gasteiger charge is -2.20. The van der Waals surface area contributed by atoms with Crippen LogP contribution in [-0.4, -0.2) is 40.6 Å². The van der Waals surface area contributed by atoms with Gasteiger partial charge in [-0.2, -0.15) is 0 Å². The number of amides is 1. The van der Waals surface area contributed by atoms with Crippen molar-refractivity contribution in [3.63, 3.8) is 0 Å². The highest BCUT2D eigenvalue weighted by molar-refractivity contribution is 5.82. The van der Waals surface area contributed by atoms with Crippen molar-refractivity contribution in [2.24, 2.45) is 0 Å². The van der Waals surface area contributed by atoms with Crippen molar-refractivity contribution in [2.45, 2.75) is 12.5 Å². The van der Waals surface area contributed by atoms with Gasteiger partial charge in [-0.15, -0.1) is 0 Å². The van der Waals surface area contributed by atoms with Crippen LogP contribution < -0.4 is 0 Å². The fourth-order valence-corrected chi connectivity index (χ4v) is 1.36. The number of benzene rings is 1. The smallest absolute Gasteiger partial charge is 0.305 e. The molecule has 0 aliphatic heterocycles. The number of carboxylic acid groups (broad SMARTS) is 1. The van der Waals surface area contributed by atoms with Crippen LogP contribution in [0.3, 0.4) is 0 Å². The molecule has 5 nitrogen and oxygen atoms in total. The Labute approximate surface area is 99.3 Å². The van der Waals surface area contributed by atoms with Gasteiger partial charge in [-0.25, -0.2) is 0 Å². The van der Waals surface area contributed by atoms with Gasteiger partial charge in [0, 0.05) is 13.6 Å². The minimum atomic E-state index is -1.24. The third-order valence-corrected chi connectivity index (χ3v) is 2.39. The summed E-state index contributed by atoms with van der Waals surface area (Å²) < 4.78 is 0. The zero-order chi connectivity index (χ0) is 12.8. The molecular formula is C12H15NO4. The molecule has 17 heavy (non-hydrogen) atoms. The van der Waals surface area contributed by atoms with Crippen molar-refractivity contribution in [1.82, 2.24) is 4.90 Å². The molecule has 1 atom stereocenters. The number of aliphatic hydroxyl groups is 1. The first kappa shape index (κ1) is 13.2. The van der Waals surface area contributed by atoms with Gasteiger partial charge < -0.3 is 15.1 Å². The third-order valence-electron chi connectivity index (χ3n) is 2.39. The number of carbonyl (C=O) groups excluding carboxylic acids is 1. The second kappa shape index (κ2) is 6.00. The first-order chi connectivity index (χ1) is 8.02. The lowest BCUT2D eigenvalue weighted by Crippen LogP contribution is -2.33. The summed E-state index contributed by atoms with van der Waals surface area (Å²) in [5.41, 5.74) is 0.500. The van der Waals surface area contributed by atoms with E-state index in [0.717, 1.165) is 0 Å². The average Bonchev–Trinajstić information content (AvgIpc) is 2.35. The Kier molecular flexibility index (Phi) is 4.66.